The molecule has 0 unspecified atom stereocenters. The molecule has 0 heterocycles. The third kappa shape index (κ3) is 4.49. The van der Waals surface area contributed by atoms with E-state index >= 15 is 0 Å². The van der Waals surface area contributed by atoms with Crippen LogP contribution in [-0.4, -0.2) is 28.0 Å². The number of nitrogens with two attached hydrogens (primary N) is 1. The number of benzene rings is 2. The van der Waals surface area contributed by atoms with Gasteiger partial charge in [0.05, 0.1) is 23.3 Å². The predicted octanol–water partition coefficient (Wildman–Crippen LogP) is 1.82. The fraction of sp³-hybridized carbons (Fsp3) is 0.235. The summed E-state index contributed by atoms with van der Waals surface area (Å²) < 4.78 is 28.2. The van der Waals surface area contributed by atoms with E-state index in [0.29, 0.717) is 6.54 Å². The smallest absolute Gasteiger partial charge is 0.273 e. The van der Waals surface area contributed by atoms with Crippen molar-refractivity contribution < 1.29 is 17.9 Å². The maximum absolute atomic E-state index is 12.6. The first-order valence-electron chi connectivity index (χ1n) is 7.62. The van der Waals surface area contributed by atoms with E-state index in [0.717, 1.165) is 11.3 Å². The van der Waals surface area contributed by atoms with Crippen LogP contribution >= 0.6 is 0 Å². The van der Waals surface area contributed by atoms with Gasteiger partial charge >= 0.3 is 0 Å². The topological polar surface area (TPSA) is 102 Å². The zero-order valence-corrected chi connectivity index (χ0v) is 15.1. The van der Waals surface area contributed by atoms with E-state index in [1.807, 2.05) is 38.1 Å². The molecule has 0 fully saturated rings. The first-order valence-corrected chi connectivity index (χ1v) is 9.17. The van der Waals surface area contributed by atoms with Crippen LogP contribution in [0.1, 0.15) is 22.8 Å². The Balaban J connectivity index is 2.34. The Morgan fingerprint density at radius 3 is 2.36 bits per heavy atom. The Morgan fingerprint density at radius 1 is 1.20 bits per heavy atom. The molecule has 0 aliphatic carbocycles. The summed E-state index contributed by atoms with van der Waals surface area (Å²) in [5.74, 6) is -0.241. The molecule has 0 aliphatic rings. The highest BCUT2D eigenvalue weighted by atomic mass is 32.2. The first kappa shape index (κ1) is 18.8. The van der Waals surface area contributed by atoms with Gasteiger partial charge in [-0.25, -0.2) is 13.6 Å². The van der Waals surface area contributed by atoms with Crippen molar-refractivity contribution in [3.05, 3.63) is 53.6 Å². The van der Waals surface area contributed by atoms with E-state index in [1.165, 1.54) is 25.3 Å². The summed E-state index contributed by atoms with van der Waals surface area (Å²) in [6, 6.07) is 11.5. The van der Waals surface area contributed by atoms with Gasteiger partial charge in [0.1, 0.15) is 5.75 Å². The van der Waals surface area contributed by atoms with Crippen molar-refractivity contribution in [2.24, 2.45) is 5.14 Å². The molecule has 3 N–H and O–H groups in total. The van der Waals surface area contributed by atoms with E-state index in [2.05, 4.69) is 5.43 Å². The lowest BCUT2D eigenvalue weighted by atomic mass is 10.2. The summed E-state index contributed by atoms with van der Waals surface area (Å²) in [5, 5.41) is 6.80. The first-order chi connectivity index (χ1) is 11.8. The second-order valence-electron chi connectivity index (χ2n) is 5.43. The lowest BCUT2D eigenvalue weighted by molar-refractivity contribution is 0.0946. The molecule has 0 bridgehead atoms. The van der Waals surface area contributed by atoms with Crippen LogP contribution in [-0.2, 0) is 10.0 Å². The van der Waals surface area contributed by atoms with Crippen LogP contribution < -0.4 is 20.3 Å². The molecule has 0 aromatic heterocycles. The zero-order chi connectivity index (χ0) is 18.6. The molecule has 134 valence electrons. The molecule has 7 nitrogen and oxygen atoms in total. The van der Waals surface area contributed by atoms with E-state index < -0.39 is 15.9 Å². The third-order valence-electron chi connectivity index (χ3n) is 3.64. The normalized spacial score (nSPS) is 11.0. The summed E-state index contributed by atoms with van der Waals surface area (Å²) in [6.45, 7) is 4.38. The molecule has 0 saturated heterocycles. The van der Waals surface area contributed by atoms with Crippen LogP contribution in [0.3, 0.4) is 0 Å². The predicted molar refractivity (Wildman–Crippen MR) is 96.0 cm³/mol. The molecule has 0 atom stereocenters. The third-order valence-corrected chi connectivity index (χ3v) is 4.55. The van der Waals surface area contributed by atoms with E-state index in [1.54, 1.807) is 5.01 Å². The summed E-state index contributed by atoms with van der Waals surface area (Å²) in [5.41, 5.74) is 4.75. The van der Waals surface area contributed by atoms with Crippen molar-refractivity contribution in [3.8, 4) is 5.75 Å². The molecular formula is C17H21N3O4S. The number of carbonyl (C=O) groups is 1. The van der Waals surface area contributed by atoms with Crippen molar-refractivity contribution in [2.75, 3.05) is 18.7 Å². The Morgan fingerprint density at radius 2 is 1.84 bits per heavy atom. The molecule has 0 spiro atoms. The number of hydrogen-bond acceptors (Lipinski definition) is 5. The lowest BCUT2D eigenvalue weighted by Crippen LogP contribution is -2.42. The second kappa shape index (κ2) is 7.54. The number of anilines is 1. The second-order valence-corrected chi connectivity index (χ2v) is 6.99. The monoisotopic (exact) mass is 363 g/mol. The number of primary sulfonamides is 1. The number of nitrogens with one attached hydrogen (secondary N) is 1. The molecule has 0 saturated carbocycles. The molecule has 2 aromatic rings. The van der Waals surface area contributed by atoms with Crippen molar-refractivity contribution >= 4 is 21.6 Å². The Labute approximate surface area is 147 Å². The van der Waals surface area contributed by atoms with Gasteiger partial charge in [0, 0.05) is 6.54 Å². The number of hydrazine groups is 1. The van der Waals surface area contributed by atoms with Gasteiger partial charge < -0.3 is 4.74 Å². The number of sulfonamides is 1. The van der Waals surface area contributed by atoms with Crippen LogP contribution in [0.5, 0.6) is 5.75 Å². The Hall–Kier alpha value is -2.58. The largest absolute Gasteiger partial charge is 0.496 e. The van der Waals surface area contributed by atoms with Gasteiger partial charge in [-0.05, 0) is 44.2 Å². The highest BCUT2D eigenvalue weighted by Crippen LogP contribution is 2.22. The fourth-order valence-corrected chi connectivity index (χ4v) is 2.82. The van der Waals surface area contributed by atoms with E-state index in [9.17, 15) is 13.2 Å². The van der Waals surface area contributed by atoms with Crippen LogP contribution in [0.4, 0.5) is 5.69 Å². The number of rotatable bonds is 6. The van der Waals surface area contributed by atoms with Crippen molar-refractivity contribution in [2.45, 2.75) is 18.7 Å². The Kier molecular flexibility index (Phi) is 5.66. The van der Waals surface area contributed by atoms with Crippen LogP contribution in [0.25, 0.3) is 0 Å². The maximum Gasteiger partial charge on any atom is 0.273 e. The van der Waals surface area contributed by atoms with Crippen molar-refractivity contribution in [1.82, 2.24) is 5.43 Å². The average molecular weight is 363 g/mol. The molecular weight excluding hydrogens is 342 g/mol. The molecule has 0 radical (unpaired) electrons. The highest BCUT2D eigenvalue weighted by Gasteiger charge is 2.19. The van der Waals surface area contributed by atoms with Crippen LogP contribution in [0, 0.1) is 6.92 Å². The minimum atomic E-state index is -3.92. The van der Waals surface area contributed by atoms with Gasteiger partial charge in [-0.15, -0.1) is 0 Å². The van der Waals surface area contributed by atoms with E-state index in [4.69, 9.17) is 9.88 Å². The zero-order valence-electron chi connectivity index (χ0n) is 14.3. The quantitative estimate of drug-likeness (QED) is 0.762. The molecule has 25 heavy (non-hydrogen) atoms. The molecule has 2 rings (SSSR count). The number of carbonyl (C=O) groups excluding carboxylic acids is 1. The number of hydrogen-bond donors (Lipinski definition) is 2. The molecule has 0 aliphatic heterocycles. The summed E-state index contributed by atoms with van der Waals surface area (Å²) in [4.78, 5) is 12.5. The lowest BCUT2D eigenvalue weighted by Gasteiger charge is -2.24. The summed E-state index contributed by atoms with van der Waals surface area (Å²) in [7, 11) is -2.52. The average Bonchev–Trinajstić information content (AvgIpc) is 2.59. The highest BCUT2D eigenvalue weighted by molar-refractivity contribution is 7.89. The molecule has 2 aromatic carbocycles. The van der Waals surface area contributed by atoms with Gasteiger partial charge in [0.2, 0.25) is 10.0 Å². The number of amides is 1. The van der Waals surface area contributed by atoms with E-state index in [-0.39, 0.29) is 16.2 Å². The number of nitrogens with zero attached hydrogens (tertiary/aromatic N) is 1. The standard InChI is InChI=1S/C17H21N3O4S/c1-4-20(13-7-5-12(2)6-8-13)19-17(21)15-11-14(25(18,22)23)9-10-16(15)24-3/h5-11H,4H2,1-3H3,(H,19,21)(H2,18,22,23). The minimum Gasteiger partial charge on any atom is -0.496 e. The van der Waals surface area contributed by atoms with Gasteiger partial charge in [0.25, 0.3) is 5.91 Å². The molecule has 1 amide bonds. The van der Waals surface area contributed by atoms with Gasteiger partial charge in [0.15, 0.2) is 0 Å². The maximum atomic E-state index is 12.6. The minimum absolute atomic E-state index is 0.0830. The summed E-state index contributed by atoms with van der Waals surface area (Å²) >= 11 is 0. The van der Waals surface area contributed by atoms with Gasteiger partial charge in [-0.1, -0.05) is 17.7 Å². The molecule has 8 heteroatoms. The number of ether oxygens (including phenoxy) is 1. The fourth-order valence-electron chi connectivity index (χ4n) is 2.28. The van der Waals surface area contributed by atoms with Crippen LogP contribution in [0.15, 0.2) is 47.4 Å². The van der Waals surface area contributed by atoms with Gasteiger partial charge in [-0.3, -0.25) is 15.2 Å². The number of aryl methyl sites for hydroxylation is 1. The Bertz CT molecular complexity index is 864. The van der Waals surface area contributed by atoms with Crippen LogP contribution in [0.2, 0.25) is 0 Å². The van der Waals surface area contributed by atoms with Gasteiger partial charge in [-0.2, -0.15) is 0 Å². The number of methoxy groups -OCH3 is 1. The van der Waals surface area contributed by atoms with Crippen molar-refractivity contribution in [1.29, 1.82) is 0 Å². The summed E-state index contributed by atoms with van der Waals surface area (Å²) in [6.07, 6.45) is 0. The van der Waals surface area contributed by atoms with Crippen molar-refractivity contribution in [3.63, 3.8) is 0 Å². The SMILES string of the molecule is CCN(NC(=O)c1cc(S(N)(=O)=O)ccc1OC)c1ccc(C)cc1.